The maximum atomic E-state index is 14.4. The molecule has 0 saturated carbocycles. The van der Waals surface area contributed by atoms with Crippen LogP contribution in [-0.2, 0) is 52.3 Å². The molecule has 0 unspecified atom stereocenters. The van der Waals surface area contributed by atoms with Gasteiger partial charge < -0.3 is 51.3 Å². The van der Waals surface area contributed by atoms with Crippen LogP contribution in [0.3, 0.4) is 0 Å². The highest BCUT2D eigenvalue weighted by molar-refractivity contribution is 6.03. The van der Waals surface area contributed by atoms with E-state index in [1.54, 1.807) is 50.2 Å². The zero-order valence-electron chi connectivity index (χ0n) is 40.6. The van der Waals surface area contributed by atoms with Gasteiger partial charge in [0.1, 0.15) is 36.9 Å². The van der Waals surface area contributed by atoms with E-state index in [0.717, 1.165) is 0 Å². The summed E-state index contributed by atoms with van der Waals surface area (Å²) in [6.45, 7) is 13.7. The molecule has 4 heterocycles. The van der Waals surface area contributed by atoms with E-state index in [0.29, 0.717) is 45.0 Å². The van der Waals surface area contributed by atoms with Crippen molar-refractivity contribution < 1.29 is 37.4 Å². The average molecular weight is 963 g/mol. The maximum Gasteiger partial charge on any atom is 0.252 e. The SMILES string of the molecule is C[C@H](N)C(=O)N[C@H](C(=O)N1CC(C)(C)c2[nH]c(=O)c(Cc3ccc(F)cc3)cc21)[C@@H](C)OCC#CC#CCO[C@H](C)[C@H](NC(=O)[C@H](C)N)C(=O)N1CC(C)(C)c2[nH]c(=O)c(Cc3ccc(F)cc3)cc21. The third kappa shape index (κ3) is 12.2. The normalized spacial score (nSPS) is 16.7. The first-order valence-corrected chi connectivity index (χ1v) is 22.9. The van der Waals surface area contributed by atoms with Crippen molar-refractivity contribution in [2.24, 2.45) is 11.5 Å². The highest BCUT2D eigenvalue weighted by atomic mass is 19.1. The number of rotatable bonds is 16. The van der Waals surface area contributed by atoms with Gasteiger partial charge in [-0.2, -0.15) is 0 Å². The fraction of sp³-hybridized carbons (Fsp3) is 0.423. The summed E-state index contributed by atoms with van der Waals surface area (Å²) in [5.74, 6) is 7.89. The Kier molecular flexibility index (Phi) is 16.3. The number of benzene rings is 2. The van der Waals surface area contributed by atoms with Gasteiger partial charge in [-0.3, -0.25) is 28.8 Å². The van der Waals surface area contributed by atoms with Gasteiger partial charge in [0.15, 0.2) is 0 Å². The van der Waals surface area contributed by atoms with Crippen molar-refractivity contribution in [1.82, 2.24) is 20.6 Å². The second kappa shape index (κ2) is 21.8. The van der Waals surface area contributed by atoms with Gasteiger partial charge in [-0.25, -0.2) is 8.78 Å². The fourth-order valence-electron chi connectivity index (χ4n) is 8.36. The number of aromatic nitrogens is 2. The summed E-state index contributed by atoms with van der Waals surface area (Å²) < 4.78 is 39.1. The van der Waals surface area contributed by atoms with Crippen LogP contribution in [0.2, 0.25) is 0 Å². The Morgan fingerprint density at radius 3 is 1.31 bits per heavy atom. The standard InChI is InChI=1S/C52H60F2N8O8/c1-29(55)45(63)57-41(49(67)61-27-51(5,6)43-39(61)25-35(47(65)59-43)23-33-13-17-37(53)18-14-33)31(3)69-21-11-9-10-12-22-70-32(4)42(58-46(64)30(2)56)50(68)62-28-52(7,8)44-40(62)26-36(48(66)60-44)24-34-15-19-38(54)20-16-34/h13-20,25-26,29-32,41-42H,21-24,27-28,55-56H2,1-8H3,(H,57,63)(H,58,64)(H,59,65)(H,60,66)/t29-,30-,31+,32+,41-,42-/m0/s1. The molecule has 0 fully saturated rings. The molecule has 0 saturated heterocycles. The van der Waals surface area contributed by atoms with Gasteiger partial charge in [0.2, 0.25) is 11.8 Å². The zero-order valence-corrected chi connectivity index (χ0v) is 40.6. The minimum absolute atomic E-state index is 0.186. The van der Waals surface area contributed by atoms with Crippen LogP contribution in [-0.4, -0.2) is 96.3 Å². The van der Waals surface area contributed by atoms with Gasteiger partial charge in [-0.05, 0) is 87.1 Å². The molecule has 8 N–H and O–H groups in total. The minimum Gasteiger partial charge on any atom is -0.363 e. The number of nitrogens with one attached hydrogen (secondary N) is 4. The second-order valence-electron chi connectivity index (χ2n) is 19.2. The highest BCUT2D eigenvalue weighted by Crippen LogP contribution is 2.41. The molecular weight excluding hydrogens is 903 g/mol. The number of anilines is 2. The van der Waals surface area contributed by atoms with E-state index in [9.17, 15) is 37.5 Å². The molecule has 0 radical (unpaired) electrons. The van der Waals surface area contributed by atoms with Crippen LogP contribution >= 0.6 is 0 Å². The molecule has 6 atom stereocenters. The van der Waals surface area contributed by atoms with E-state index in [4.69, 9.17) is 20.9 Å². The molecule has 70 heavy (non-hydrogen) atoms. The summed E-state index contributed by atoms with van der Waals surface area (Å²) in [5, 5.41) is 5.43. The molecule has 2 aromatic carbocycles. The number of carbonyl (C=O) groups excluding carboxylic acids is 4. The Labute approximate surface area is 405 Å². The molecule has 0 bridgehead atoms. The minimum atomic E-state index is -1.21. The molecule has 18 heteroatoms. The largest absolute Gasteiger partial charge is 0.363 e. The van der Waals surface area contributed by atoms with Gasteiger partial charge in [0, 0.05) is 59.3 Å². The number of H-pyrrole nitrogens is 2. The van der Waals surface area contributed by atoms with Crippen molar-refractivity contribution in [2.45, 2.75) is 115 Å². The van der Waals surface area contributed by atoms with Crippen LogP contribution in [0.1, 0.15) is 89.0 Å². The molecule has 2 aliphatic rings. The molecule has 4 amide bonds. The predicted octanol–water partition coefficient (Wildman–Crippen LogP) is 2.95. The number of fused-ring (bicyclic) bond motifs is 2. The van der Waals surface area contributed by atoms with E-state index in [-0.39, 0.29) is 50.3 Å². The van der Waals surface area contributed by atoms with E-state index < -0.39 is 82.5 Å². The van der Waals surface area contributed by atoms with Crippen molar-refractivity contribution in [3.05, 3.63) is 127 Å². The molecule has 0 aliphatic carbocycles. The number of amides is 4. The van der Waals surface area contributed by atoms with E-state index in [1.165, 1.54) is 47.9 Å². The number of carbonyl (C=O) groups is 4. The smallest absolute Gasteiger partial charge is 0.252 e. The van der Waals surface area contributed by atoms with E-state index >= 15 is 0 Å². The first kappa shape index (κ1) is 52.4. The Morgan fingerprint density at radius 2 is 0.986 bits per heavy atom. The second-order valence-corrected chi connectivity index (χ2v) is 19.2. The van der Waals surface area contributed by atoms with Gasteiger partial charge in [0.05, 0.1) is 35.7 Å². The molecule has 2 aromatic heterocycles. The third-order valence-corrected chi connectivity index (χ3v) is 12.4. The lowest BCUT2D eigenvalue weighted by Crippen LogP contribution is -2.57. The van der Waals surface area contributed by atoms with Crippen molar-refractivity contribution >= 4 is 35.0 Å². The average Bonchev–Trinajstić information content (AvgIpc) is 3.72. The monoisotopic (exact) mass is 962 g/mol. The maximum absolute atomic E-state index is 14.4. The summed E-state index contributed by atoms with van der Waals surface area (Å²) in [6, 6.07) is 10.6. The molecule has 370 valence electrons. The molecule has 2 aliphatic heterocycles. The van der Waals surface area contributed by atoms with Gasteiger partial charge in [-0.1, -0.05) is 63.8 Å². The molecule has 4 aromatic rings. The zero-order chi connectivity index (χ0) is 51.2. The van der Waals surface area contributed by atoms with Gasteiger partial charge in [-0.15, -0.1) is 0 Å². The van der Waals surface area contributed by atoms with Crippen molar-refractivity contribution in [3.63, 3.8) is 0 Å². The lowest BCUT2D eigenvalue weighted by atomic mass is 9.91. The number of nitrogens with zero attached hydrogens (tertiary/aromatic N) is 2. The van der Waals surface area contributed by atoms with Crippen LogP contribution in [0.15, 0.2) is 70.3 Å². The Bertz CT molecular complexity index is 2680. The first-order chi connectivity index (χ1) is 33.0. The van der Waals surface area contributed by atoms with Crippen LogP contribution in [0.25, 0.3) is 0 Å². The summed E-state index contributed by atoms with van der Waals surface area (Å²) in [6.07, 6.45) is -1.44. The van der Waals surface area contributed by atoms with Crippen LogP contribution in [0, 0.1) is 35.3 Å². The Balaban J connectivity index is 1.12. The summed E-state index contributed by atoms with van der Waals surface area (Å²) >= 11 is 0. The topological polar surface area (TPSA) is 235 Å². The summed E-state index contributed by atoms with van der Waals surface area (Å²) in [5.41, 5.74) is 14.0. The lowest BCUT2D eigenvalue weighted by molar-refractivity contribution is -0.131. The van der Waals surface area contributed by atoms with Gasteiger partial charge in [0.25, 0.3) is 22.9 Å². The number of aromatic amines is 2. The summed E-state index contributed by atoms with van der Waals surface area (Å²) in [7, 11) is 0. The van der Waals surface area contributed by atoms with Crippen LogP contribution in [0.5, 0.6) is 0 Å². The lowest BCUT2D eigenvalue weighted by Gasteiger charge is -2.30. The van der Waals surface area contributed by atoms with Gasteiger partial charge >= 0.3 is 0 Å². The number of hydrogen-bond acceptors (Lipinski definition) is 10. The number of pyridine rings is 2. The Morgan fingerprint density at radius 1 is 0.643 bits per heavy atom. The number of nitrogens with two attached hydrogens (primary N) is 2. The number of hydrogen-bond donors (Lipinski definition) is 6. The van der Waals surface area contributed by atoms with Crippen LogP contribution < -0.4 is 43.0 Å². The number of halogens is 2. The fourth-order valence-corrected chi connectivity index (χ4v) is 8.36. The predicted molar refractivity (Wildman–Crippen MR) is 261 cm³/mol. The van der Waals surface area contributed by atoms with E-state index in [2.05, 4.69) is 44.3 Å². The third-order valence-electron chi connectivity index (χ3n) is 12.4. The number of ether oxygens (including phenoxy) is 2. The van der Waals surface area contributed by atoms with Crippen molar-refractivity contribution in [2.75, 3.05) is 36.1 Å². The van der Waals surface area contributed by atoms with Crippen molar-refractivity contribution in [1.29, 1.82) is 0 Å². The summed E-state index contributed by atoms with van der Waals surface area (Å²) in [4.78, 5) is 90.0. The quantitative estimate of drug-likeness (QED) is 0.0899. The Hall–Kier alpha value is -6.96. The van der Waals surface area contributed by atoms with E-state index in [1.807, 2.05) is 27.7 Å². The highest BCUT2D eigenvalue weighted by Gasteiger charge is 2.45. The van der Waals surface area contributed by atoms with Crippen molar-refractivity contribution in [3.8, 4) is 23.7 Å². The first-order valence-electron chi connectivity index (χ1n) is 22.9. The van der Waals surface area contributed by atoms with Crippen LogP contribution in [0.4, 0.5) is 20.2 Å². The molecule has 16 nitrogen and oxygen atoms in total. The molecule has 6 rings (SSSR count). The molecule has 0 spiro atoms. The molecular formula is C52H60F2N8O8.